The number of carbonyl (C=O) groups is 1. The highest BCUT2D eigenvalue weighted by atomic mass is 32.2. The quantitative estimate of drug-likeness (QED) is 0.513. The molecule has 0 fully saturated rings. The minimum atomic E-state index is 0.141. The van der Waals surface area contributed by atoms with E-state index >= 15 is 0 Å². The van der Waals surface area contributed by atoms with E-state index in [0.717, 1.165) is 38.6 Å². The smallest absolute Gasteiger partial charge is 0.233 e. The Bertz CT molecular complexity index is 1190. The van der Waals surface area contributed by atoms with Gasteiger partial charge >= 0.3 is 0 Å². The number of benzene rings is 2. The second-order valence-corrected chi connectivity index (χ2v) is 8.14. The predicted molar refractivity (Wildman–Crippen MR) is 115 cm³/mol. The van der Waals surface area contributed by atoms with Gasteiger partial charge in [-0.05, 0) is 30.7 Å². The molecule has 0 atom stereocenters. The van der Waals surface area contributed by atoms with Gasteiger partial charge in [-0.3, -0.25) is 4.79 Å². The molecule has 0 saturated carbocycles. The van der Waals surface area contributed by atoms with Crippen molar-refractivity contribution in [3.8, 4) is 5.69 Å². The number of amides is 1. The van der Waals surface area contributed by atoms with Crippen molar-refractivity contribution in [3.63, 3.8) is 0 Å². The SMILES string of the molecule is Cc1nn(-c2ccccc2)c2nc3c(cc12)CN(Cc1ccccc1)C(=O)CS3. The zero-order valence-electron chi connectivity index (χ0n) is 16.1. The molecule has 0 unspecified atom stereocenters. The van der Waals surface area contributed by atoms with Crippen LogP contribution >= 0.6 is 11.8 Å². The van der Waals surface area contributed by atoms with Crippen molar-refractivity contribution in [1.82, 2.24) is 19.7 Å². The largest absolute Gasteiger partial charge is 0.333 e. The molecule has 1 aliphatic rings. The fourth-order valence-corrected chi connectivity index (χ4v) is 4.56. The summed E-state index contributed by atoms with van der Waals surface area (Å²) in [5.41, 5.74) is 4.98. The molecule has 0 saturated heterocycles. The van der Waals surface area contributed by atoms with Crippen LogP contribution in [0, 0.1) is 6.92 Å². The van der Waals surface area contributed by atoms with Crippen LogP contribution in [0.3, 0.4) is 0 Å². The van der Waals surface area contributed by atoms with E-state index in [4.69, 9.17) is 10.1 Å². The lowest BCUT2D eigenvalue weighted by Gasteiger charge is -2.20. The van der Waals surface area contributed by atoms with Crippen LogP contribution < -0.4 is 0 Å². The molecule has 0 bridgehead atoms. The van der Waals surface area contributed by atoms with Gasteiger partial charge in [-0.25, -0.2) is 9.67 Å². The maximum Gasteiger partial charge on any atom is 0.233 e. The van der Waals surface area contributed by atoms with Gasteiger partial charge in [0.15, 0.2) is 5.65 Å². The number of carbonyl (C=O) groups excluding carboxylic acids is 1. The first-order valence-corrected chi connectivity index (χ1v) is 10.6. The van der Waals surface area contributed by atoms with Gasteiger partial charge in [-0.15, -0.1) is 0 Å². The minimum Gasteiger partial charge on any atom is -0.333 e. The summed E-state index contributed by atoms with van der Waals surface area (Å²) in [5, 5.41) is 6.67. The standard InChI is InChI=1S/C23H20N4OS/c1-16-20-12-18-14-26(13-17-8-4-2-5-9-17)21(28)15-29-23(18)24-22(20)27(25-16)19-10-6-3-7-11-19/h2-12H,13-15H2,1H3. The number of hydrogen-bond acceptors (Lipinski definition) is 4. The van der Waals surface area contributed by atoms with Crippen molar-refractivity contribution >= 4 is 28.7 Å². The Balaban J connectivity index is 1.55. The molecule has 4 aromatic rings. The summed E-state index contributed by atoms with van der Waals surface area (Å²) in [6, 6.07) is 22.3. The number of aromatic nitrogens is 3. The van der Waals surface area contributed by atoms with Crippen LogP contribution in [0.4, 0.5) is 0 Å². The van der Waals surface area contributed by atoms with Crippen molar-refractivity contribution in [2.75, 3.05) is 5.75 Å². The maximum atomic E-state index is 12.7. The molecule has 3 heterocycles. The van der Waals surface area contributed by atoms with Crippen molar-refractivity contribution in [1.29, 1.82) is 0 Å². The molecule has 0 radical (unpaired) electrons. The van der Waals surface area contributed by atoms with Crippen LogP contribution in [0.1, 0.15) is 16.8 Å². The first-order valence-electron chi connectivity index (χ1n) is 9.58. The Morgan fingerprint density at radius 2 is 1.76 bits per heavy atom. The van der Waals surface area contributed by atoms with Gasteiger partial charge < -0.3 is 4.90 Å². The fraction of sp³-hybridized carbons (Fsp3) is 0.174. The molecule has 29 heavy (non-hydrogen) atoms. The Morgan fingerprint density at radius 1 is 1.03 bits per heavy atom. The number of thioether (sulfide) groups is 1. The summed E-state index contributed by atoms with van der Waals surface area (Å²) in [6.45, 7) is 3.18. The van der Waals surface area contributed by atoms with Crippen LogP contribution in [-0.4, -0.2) is 31.3 Å². The van der Waals surface area contributed by atoms with Gasteiger partial charge in [0.1, 0.15) is 5.03 Å². The van der Waals surface area contributed by atoms with Gasteiger partial charge in [0.05, 0.1) is 17.1 Å². The number of hydrogen-bond donors (Lipinski definition) is 0. The zero-order chi connectivity index (χ0) is 19.8. The molecule has 2 aromatic carbocycles. The molecule has 0 spiro atoms. The number of rotatable bonds is 3. The molecule has 2 aromatic heterocycles. The van der Waals surface area contributed by atoms with E-state index in [9.17, 15) is 4.79 Å². The molecule has 0 N–H and O–H groups in total. The third-order valence-corrected chi connectivity index (χ3v) is 6.16. The van der Waals surface area contributed by atoms with E-state index in [2.05, 4.69) is 18.2 Å². The van der Waals surface area contributed by atoms with Crippen LogP contribution in [0.15, 0.2) is 71.8 Å². The molecule has 5 nitrogen and oxygen atoms in total. The van der Waals surface area contributed by atoms with Gasteiger partial charge in [0, 0.05) is 24.0 Å². The number of para-hydroxylation sites is 1. The molecule has 1 aliphatic heterocycles. The number of pyridine rings is 1. The minimum absolute atomic E-state index is 0.141. The van der Waals surface area contributed by atoms with Gasteiger partial charge in [0.2, 0.25) is 5.91 Å². The molecular formula is C23H20N4OS. The molecular weight excluding hydrogens is 380 g/mol. The molecule has 144 valence electrons. The van der Waals surface area contributed by atoms with E-state index in [1.807, 2.05) is 65.0 Å². The summed E-state index contributed by atoms with van der Waals surface area (Å²) in [5.74, 6) is 0.541. The van der Waals surface area contributed by atoms with Crippen molar-refractivity contribution in [3.05, 3.63) is 83.6 Å². The van der Waals surface area contributed by atoms with E-state index in [1.165, 1.54) is 11.8 Å². The monoisotopic (exact) mass is 400 g/mol. The fourth-order valence-electron chi connectivity index (χ4n) is 3.66. The average molecular weight is 401 g/mol. The maximum absolute atomic E-state index is 12.7. The molecule has 1 amide bonds. The Hall–Kier alpha value is -3.12. The van der Waals surface area contributed by atoms with Gasteiger partial charge in [-0.1, -0.05) is 60.3 Å². The number of fused-ring (bicyclic) bond motifs is 2. The first-order chi connectivity index (χ1) is 14.2. The third kappa shape index (κ3) is 3.40. The van der Waals surface area contributed by atoms with E-state index in [1.54, 1.807) is 0 Å². The normalized spacial score (nSPS) is 14.1. The van der Waals surface area contributed by atoms with Crippen molar-refractivity contribution in [2.24, 2.45) is 0 Å². The lowest BCUT2D eigenvalue weighted by Crippen LogP contribution is -2.30. The lowest BCUT2D eigenvalue weighted by molar-refractivity contribution is -0.129. The van der Waals surface area contributed by atoms with Crippen LogP contribution in [-0.2, 0) is 17.9 Å². The lowest BCUT2D eigenvalue weighted by atomic mass is 10.1. The van der Waals surface area contributed by atoms with E-state index in [0.29, 0.717) is 18.8 Å². The third-order valence-electron chi connectivity index (χ3n) is 5.15. The Kier molecular flexibility index (Phi) is 4.56. The van der Waals surface area contributed by atoms with E-state index < -0.39 is 0 Å². The average Bonchev–Trinajstić information content (AvgIpc) is 2.99. The van der Waals surface area contributed by atoms with Crippen LogP contribution in [0.5, 0.6) is 0 Å². The number of nitrogens with zero attached hydrogens (tertiary/aromatic N) is 4. The summed E-state index contributed by atoms with van der Waals surface area (Å²) < 4.78 is 1.89. The van der Waals surface area contributed by atoms with Crippen LogP contribution in [0.2, 0.25) is 0 Å². The Labute approximate surface area is 173 Å². The highest BCUT2D eigenvalue weighted by molar-refractivity contribution is 8.00. The van der Waals surface area contributed by atoms with Gasteiger partial charge in [0.25, 0.3) is 0 Å². The topological polar surface area (TPSA) is 51.0 Å². The Morgan fingerprint density at radius 3 is 2.52 bits per heavy atom. The van der Waals surface area contributed by atoms with Crippen molar-refractivity contribution < 1.29 is 4.79 Å². The summed E-state index contributed by atoms with van der Waals surface area (Å²) in [6.07, 6.45) is 0. The first kappa shape index (κ1) is 17.9. The highest BCUT2D eigenvalue weighted by Gasteiger charge is 2.24. The second kappa shape index (κ2) is 7.37. The molecule has 5 rings (SSSR count). The summed E-state index contributed by atoms with van der Waals surface area (Å²) >= 11 is 1.52. The van der Waals surface area contributed by atoms with E-state index in [-0.39, 0.29) is 5.91 Å². The highest BCUT2D eigenvalue weighted by Crippen LogP contribution is 2.31. The van der Waals surface area contributed by atoms with Crippen LogP contribution in [0.25, 0.3) is 16.7 Å². The summed E-state index contributed by atoms with van der Waals surface area (Å²) in [7, 11) is 0. The zero-order valence-corrected chi connectivity index (χ0v) is 16.9. The summed E-state index contributed by atoms with van der Waals surface area (Å²) in [4.78, 5) is 19.6. The second-order valence-electron chi connectivity index (χ2n) is 7.18. The van der Waals surface area contributed by atoms with Crippen molar-refractivity contribution in [2.45, 2.75) is 25.0 Å². The molecule has 6 heteroatoms. The number of aryl methyl sites for hydroxylation is 1. The molecule has 0 aliphatic carbocycles. The van der Waals surface area contributed by atoms with Gasteiger partial charge in [-0.2, -0.15) is 5.10 Å². The predicted octanol–water partition coefficient (Wildman–Crippen LogP) is 4.36.